The van der Waals surface area contributed by atoms with Crippen LogP contribution in [0.15, 0.2) is 48.7 Å². The minimum atomic E-state index is -0.0718. The van der Waals surface area contributed by atoms with Crippen LogP contribution >= 0.6 is 0 Å². The van der Waals surface area contributed by atoms with E-state index in [9.17, 15) is 9.90 Å². The van der Waals surface area contributed by atoms with Gasteiger partial charge in [-0.2, -0.15) is 0 Å². The molecule has 0 unspecified atom stereocenters. The van der Waals surface area contributed by atoms with Crippen LogP contribution in [0, 0.1) is 5.41 Å². The molecule has 0 radical (unpaired) electrons. The standard InChI is InChI=1S/C25H29N3O2/c1-25(2,3)11-13-26-21(14-16-6-4-5-7-17(16)15-29)18-8-9-19-22-20(28-24(19)30)10-12-27-23(18)22/h4-10,12,21,26,29H,11,13-15H2,1-3H3,(H,28,30)/t21-/m0/s1. The Hall–Kier alpha value is -2.76. The zero-order valence-electron chi connectivity index (χ0n) is 17.8. The van der Waals surface area contributed by atoms with Crippen LogP contribution in [0.1, 0.15) is 60.3 Å². The maximum absolute atomic E-state index is 12.3. The smallest absolute Gasteiger partial charge is 0.256 e. The van der Waals surface area contributed by atoms with Crippen LogP contribution in [0.25, 0.3) is 10.9 Å². The zero-order chi connectivity index (χ0) is 21.3. The molecule has 0 saturated heterocycles. The molecule has 5 heteroatoms. The highest BCUT2D eigenvalue weighted by Crippen LogP contribution is 2.36. The Balaban J connectivity index is 1.74. The molecule has 30 heavy (non-hydrogen) atoms. The number of nitrogens with one attached hydrogen (secondary N) is 2. The summed E-state index contributed by atoms with van der Waals surface area (Å²) in [5.74, 6) is -0.0718. The number of carbonyl (C=O) groups is 1. The van der Waals surface area contributed by atoms with Gasteiger partial charge >= 0.3 is 0 Å². The first-order valence-electron chi connectivity index (χ1n) is 10.5. The molecule has 156 valence electrons. The Morgan fingerprint density at radius 3 is 2.60 bits per heavy atom. The van der Waals surface area contributed by atoms with Crippen LogP contribution in [0.3, 0.4) is 0 Å². The number of pyridine rings is 1. The van der Waals surface area contributed by atoms with Crippen molar-refractivity contribution in [3.63, 3.8) is 0 Å². The molecule has 4 rings (SSSR count). The summed E-state index contributed by atoms with van der Waals surface area (Å²) in [6.45, 7) is 7.61. The summed E-state index contributed by atoms with van der Waals surface area (Å²) in [4.78, 5) is 17.0. The number of aromatic nitrogens is 1. The van der Waals surface area contributed by atoms with Crippen LogP contribution in [-0.4, -0.2) is 22.5 Å². The van der Waals surface area contributed by atoms with Gasteiger partial charge in [0, 0.05) is 17.6 Å². The Bertz CT molecular complexity index is 1090. The van der Waals surface area contributed by atoms with E-state index in [1.807, 2.05) is 36.4 Å². The van der Waals surface area contributed by atoms with Crippen LogP contribution in [0.2, 0.25) is 0 Å². The molecular formula is C25H29N3O2. The second-order valence-corrected chi connectivity index (χ2v) is 9.19. The van der Waals surface area contributed by atoms with Crippen molar-refractivity contribution >= 4 is 22.5 Å². The Labute approximate surface area is 177 Å². The van der Waals surface area contributed by atoms with Crippen LogP contribution in [0.4, 0.5) is 5.69 Å². The molecule has 0 aliphatic carbocycles. The quantitative estimate of drug-likeness (QED) is 0.539. The van der Waals surface area contributed by atoms with Gasteiger partial charge in [-0.25, -0.2) is 0 Å². The van der Waals surface area contributed by atoms with E-state index < -0.39 is 0 Å². The monoisotopic (exact) mass is 403 g/mol. The molecule has 1 amide bonds. The number of carbonyl (C=O) groups excluding carboxylic acids is 1. The van der Waals surface area contributed by atoms with Crippen molar-refractivity contribution < 1.29 is 9.90 Å². The summed E-state index contributed by atoms with van der Waals surface area (Å²) < 4.78 is 0. The molecule has 2 heterocycles. The Morgan fingerprint density at radius 2 is 1.87 bits per heavy atom. The molecule has 1 aliphatic heterocycles. The number of benzene rings is 2. The van der Waals surface area contributed by atoms with Crippen molar-refractivity contribution in [2.75, 3.05) is 11.9 Å². The summed E-state index contributed by atoms with van der Waals surface area (Å²) in [7, 11) is 0. The van der Waals surface area contributed by atoms with E-state index in [1.165, 1.54) is 0 Å². The third-order valence-corrected chi connectivity index (χ3v) is 5.77. The normalized spacial score (nSPS) is 14.2. The van der Waals surface area contributed by atoms with Gasteiger partial charge in [-0.15, -0.1) is 0 Å². The summed E-state index contributed by atoms with van der Waals surface area (Å²) in [6.07, 6.45) is 3.53. The van der Waals surface area contributed by atoms with Gasteiger partial charge in [-0.05, 0) is 53.6 Å². The molecule has 0 bridgehead atoms. The number of anilines is 1. The van der Waals surface area contributed by atoms with Gasteiger partial charge in [0.25, 0.3) is 5.91 Å². The van der Waals surface area contributed by atoms with Crippen molar-refractivity contribution in [3.8, 4) is 0 Å². The lowest BCUT2D eigenvalue weighted by molar-refractivity contribution is 0.103. The fourth-order valence-corrected chi connectivity index (χ4v) is 4.10. The maximum atomic E-state index is 12.3. The molecule has 2 aromatic carbocycles. The van der Waals surface area contributed by atoms with Crippen molar-refractivity contribution in [1.29, 1.82) is 0 Å². The number of aliphatic hydroxyl groups is 1. The van der Waals surface area contributed by atoms with Crippen LogP contribution in [0.5, 0.6) is 0 Å². The van der Waals surface area contributed by atoms with Crippen molar-refractivity contribution in [1.82, 2.24) is 10.3 Å². The average molecular weight is 404 g/mol. The summed E-state index contributed by atoms with van der Waals surface area (Å²) in [6, 6.07) is 13.8. The topological polar surface area (TPSA) is 74.2 Å². The molecule has 0 fully saturated rings. The van der Waals surface area contributed by atoms with Gasteiger partial charge in [0.1, 0.15) is 0 Å². The SMILES string of the molecule is CC(C)(C)CCN[C@@H](Cc1ccccc1CO)c1ccc2c3c(ccnc13)NC2=O. The molecule has 1 aromatic heterocycles. The van der Waals surface area contributed by atoms with Crippen molar-refractivity contribution in [3.05, 3.63) is 70.9 Å². The van der Waals surface area contributed by atoms with Crippen molar-refractivity contribution in [2.45, 2.75) is 46.3 Å². The van der Waals surface area contributed by atoms with E-state index in [2.05, 4.69) is 42.5 Å². The highest BCUT2D eigenvalue weighted by molar-refractivity contribution is 6.23. The molecule has 3 N–H and O–H groups in total. The molecule has 1 atom stereocenters. The second-order valence-electron chi connectivity index (χ2n) is 9.19. The van der Waals surface area contributed by atoms with E-state index in [4.69, 9.17) is 0 Å². The van der Waals surface area contributed by atoms with Gasteiger partial charge in [0.05, 0.1) is 23.4 Å². The lowest BCUT2D eigenvalue weighted by Crippen LogP contribution is -2.27. The van der Waals surface area contributed by atoms with Gasteiger partial charge < -0.3 is 15.7 Å². The highest BCUT2D eigenvalue weighted by atomic mass is 16.3. The predicted molar refractivity (Wildman–Crippen MR) is 121 cm³/mol. The number of hydrogen-bond donors (Lipinski definition) is 3. The van der Waals surface area contributed by atoms with Gasteiger partial charge in [-0.1, -0.05) is 51.1 Å². The summed E-state index contributed by atoms with van der Waals surface area (Å²) in [5.41, 5.74) is 5.73. The van der Waals surface area contributed by atoms with Gasteiger partial charge in [0.2, 0.25) is 0 Å². The summed E-state index contributed by atoms with van der Waals surface area (Å²) >= 11 is 0. The zero-order valence-corrected chi connectivity index (χ0v) is 17.8. The van der Waals surface area contributed by atoms with Crippen LogP contribution < -0.4 is 10.6 Å². The minimum absolute atomic E-state index is 0.0192. The van der Waals surface area contributed by atoms with Crippen LogP contribution in [-0.2, 0) is 13.0 Å². The Morgan fingerprint density at radius 1 is 1.10 bits per heavy atom. The van der Waals surface area contributed by atoms with Gasteiger partial charge in [-0.3, -0.25) is 9.78 Å². The second kappa shape index (κ2) is 8.17. The number of amides is 1. The fraction of sp³-hybridized carbons (Fsp3) is 0.360. The molecule has 5 nitrogen and oxygen atoms in total. The first kappa shape index (κ1) is 20.5. The first-order valence-corrected chi connectivity index (χ1v) is 10.5. The first-order chi connectivity index (χ1) is 14.4. The predicted octanol–water partition coefficient (Wildman–Crippen LogP) is 4.60. The van der Waals surface area contributed by atoms with E-state index in [0.29, 0.717) is 5.56 Å². The van der Waals surface area contributed by atoms with E-state index in [0.717, 1.165) is 52.7 Å². The lowest BCUT2D eigenvalue weighted by atomic mass is 9.90. The fourth-order valence-electron chi connectivity index (χ4n) is 4.10. The molecule has 3 aromatic rings. The van der Waals surface area contributed by atoms with E-state index >= 15 is 0 Å². The number of rotatable bonds is 7. The molecule has 1 aliphatic rings. The number of aliphatic hydroxyl groups excluding tert-OH is 1. The van der Waals surface area contributed by atoms with E-state index in [-0.39, 0.29) is 24.0 Å². The summed E-state index contributed by atoms with van der Waals surface area (Å²) in [5, 5.41) is 17.4. The highest BCUT2D eigenvalue weighted by Gasteiger charge is 2.26. The number of hydrogen-bond acceptors (Lipinski definition) is 4. The average Bonchev–Trinajstić information content (AvgIpc) is 3.04. The Kier molecular flexibility index (Phi) is 5.58. The molecule has 0 spiro atoms. The van der Waals surface area contributed by atoms with Crippen molar-refractivity contribution in [2.24, 2.45) is 5.41 Å². The number of nitrogens with zero attached hydrogens (tertiary/aromatic N) is 1. The third-order valence-electron chi connectivity index (χ3n) is 5.77. The lowest BCUT2D eigenvalue weighted by Gasteiger charge is -2.25. The maximum Gasteiger partial charge on any atom is 0.256 e. The largest absolute Gasteiger partial charge is 0.392 e. The van der Waals surface area contributed by atoms with E-state index in [1.54, 1.807) is 6.20 Å². The molecule has 0 saturated carbocycles. The third kappa shape index (κ3) is 4.09. The minimum Gasteiger partial charge on any atom is -0.392 e. The van der Waals surface area contributed by atoms with Gasteiger partial charge in [0.15, 0.2) is 0 Å². The molecular weight excluding hydrogens is 374 g/mol.